The van der Waals surface area contributed by atoms with Crippen molar-refractivity contribution in [2.45, 2.75) is 13.5 Å². The van der Waals surface area contributed by atoms with E-state index in [1.54, 1.807) is 4.68 Å². The van der Waals surface area contributed by atoms with Gasteiger partial charge in [0, 0.05) is 31.4 Å². The molecule has 8 heteroatoms. The standard InChI is InChI=1S/C11H12BrN5O2/c1-7-8(6-16(2)15-7)4-13-11-10(12)3-9(5-14-11)17(18)19/h3,5-6H,4H2,1-2H3,(H,13,14). The summed E-state index contributed by atoms with van der Waals surface area (Å²) in [6, 6.07) is 1.42. The van der Waals surface area contributed by atoms with E-state index in [2.05, 4.69) is 31.3 Å². The Morgan fingerprint density at radius 2 is 2.32 bits per heavy atom. The predicted molar refractivity (Wildman–Crippen MR) is 73.9 cm³/mol. The van der Waals surface area contributed by atoms with Crippen molar-refractivity contribution in [3.8, 4) is 0 Å². The van der Waals surface area contributed by atoms with Crippen LogP contribution in [0.15, 0.2) is 22.9 Å². The molecule has 2 aromatic heterocycles. The average Bonchev–Trinajstić information content (AvgIpc) is 2.66. The van der Waals surface area contributed by atoms with E-state index in [4.69, 9.17) is 0 Å². The molecule has 100 valence electrons. The lowest BCUT2D eigenvalue weighted by Crippen LogP contribution is -2.03. The van der Waals surface area contributed by atoms with E-state index in [1.807, 2.05) is 20.2 Å². The second-order valence-electron chi connectivity index (χ2n) is 4.05. The van der Waals surface area contributed by atoms with Crippen molar-refractivity contribution in [3.05, 3.63) is 44.3 Å². The van der Waals surface area contributed by atoms with Crippen LogP contribution in [-0.4, -0.2) is 19.7 Å². The first-order valence-electron chi connectivity index (χ1n) is 5.50. The molecule has 7 nitrogen and oxygen atoms in total. The number of aryl methyl sites for hydroxylation is 2. The van der Waals surface area contributed by atoms with Crippen LogP contribution in [0.4, 0.5) is 11.5 Å². The number of nitrogens with zero attached hydrogens (tertiary/aromatic N) is 4. The molecule has 0 aromatic carbocycles. The Morgan fingerprint density at radius 3 is 2.84 bits per heavy atom. The highest BCUT2D eigenvalue weighted by Gasteiger charge is 2.11. The first-order valence-corrected chi connectivity index (χ1v) is 6.29. The van der Waals surface area contributed by atoms with Crippen molar-refractivity contribution in [2.24, 2.45) is 7.05 Å². The molecule has 0 aliphatic heterocycles. The number of nitrogens with one attached hydrogen (secondary N) is 1. The summed E-state index contributed by atoms with van der Waals surface area (Å²) in [6.07, 6.45) is 3.14. The number of hydrogen-bond donors (Lipinski definition) is 1. The van der Waals surface area contributed by atoms with E-state index in [0.717, 1.165) is 11.3 Å². The zero-order valence-corrected chi connectivity index (χ0v) is 12.0. The number of rotatable bonds is 4. The lowest BCUT2D eigenvalue weighted by molar-refractivity contribution is -0.385. The van der Waals surface area contributed by atoms with Crippen LogP contribution in [0, 0.1) is 17.0 Å². The maximum Gasteiger partial charge on any atom is 0.288 e. The smallest absolute Gasteiger partial charge is 0.288 e. The van der Waals surface area contributed by atoms with E-state index >= 15 is 0 Å². The molecule has 0 amide bonds. The average molecular weight is 326 g/mol. The van der Waals surface area contributed by atoms with Gasteiger partial charge in [0.25, 0.3) is 5.69 Å². The zero-order valence-electron chi connectivity index (χ0n) is 10.4. The molecule has 0 aliphatic rings. The van der Waals surface area contributed by atoms with Crippen LogP contribution in [0.1, 0.15) is 11.3 Å². The number of halogens is 1. The minimum Gasteiger partial charge on any atom is -0.365 e. The van der Waals surface area contributed by atoms with Gasteiger partial charge >= 0.3 is 0 Å². The summed E-state index contributed by atoms with van der Waals surface area (Å²) in [4.78, 5) is 14.1. The molecule has 0 fully saturated rings. The molecule has 0 bridgehead atoms. The van der Waals surface area contributed by atoms with Crippen LogP contribution in [0.2, 0.25) is 0 Å². The first kappa shape index (κ1) is 13.5. The van der Waals surface area contributed by atoms with Crippen LogP contribution in [0.5, 0.6) is 0 Å². The monoisotopic (exact) mass is 325 g/mol. The second-order valence-corrected chi connectivity index (χ2v) is 4.90. The Balaban J connectivity index is 2.12. The first-order chi connectivity index (χ1) is 8.97. The van der Waals surface area contributed by atoms with Gasteiger partial charge in [-0.3, -0.25) is 14.8 Å². The largest absolute Gasteiger partial charge is 0.365 e. The Kier molecular flexibility index (Phi) is 3.79. The van der Waals surface area contributed by atoms with Gasteiger partial charge in [0.05, 0.1) is 15.1 Å². The molecule has 0 radical (unpaired) electrons. The fourth-order valence-electron chi connectivity index (χ4n) is 1.66. The third-order valence-electron chi connectivity index (χ3n) is 2.60. The van der Waals surface area contributed by atoms with Crippen LogP contribution in [0.25, 0.3) is 0 Å². The third-order valence-corrected chi connectivity index (χ3v) is 3.20. The van der Waals surface area contributed by atoms with Crippen molar-refractivity contribution >= 4 is 27.4 Å². The lowest BCUT2D eigenvalue weighted by Gasteiger charge is -2.06. The lowest BCUT2D eigenvalue weighted by atomic mass is 10.2. The number of hydrogen-bond acceptors (Lipinski definition) is 5. The second kappa shape index (κ2) is 5.35. The molecule has 2 heterocycles. The summed E-state index contributed by atoms with van der Waals surface area (Å²) in [7, 11) is 1.86. The van der Waals surface area contributed by atoms with Gasteiger partial charge in [0.1, 0.15) is 12.0 Å². The summed E-state index contributed by atoms with van der Waals surface area (Å²) in [5.74, 6) is 0.564. The fourth-order valence-corrected chi connectivity index (χ4v) is 2.14. The van der Waals surface area contributed by atoms with Crippen LogP contribution in [0.3, 0.4) is 0 Å². The van der Waals surface area contributed by atoms with Gasteiger partial charge in [-0.1, -0.05) is 0 Å². The van der Waals surface area contributed by atoms with Gasteiger partial charge in [0.15, 0.2) is 0 Å². The summed E-state index contributed by atoms with van der Waals surface area (Å²) < 4.78 is 2.30. The fraction of sp³-hybridized carbons (Fsp3) is 0.273. The van der Waals surface area contributed by atoms with Gasteiger partial charge in [-0.25, -0.2) is 4.98 Å². The maximum atomic E-state index is 10.6. The van der Waals surface area contributed by atoms with Crippen LogP contribution >= 0.6 is 15.9 Å². The highest BCUT2D eigenvalue weighted by molar-refractivity contribution is 9.10. The van der Waals surface area contributed by atoms with Crippen LogP contribution < -0.4 is 5.32 Å². The number of pyridine rings is 1. The summed E-state index contributed by atoms with van der Waals surface area (Å²) in [5, 5.41) is 18.0. The van der Waals surface area contributed by atoms with Crippen molar-refractivity contribution in [1.29, 1.82) is 0 Å². The molecule has 19 heavy (non-hydrogen) atoms. The van der Waals surface area contributed by atoms with E-state index in [-0.39, 0.29) is 5.69 Å². The molecule has 2 aromatic rings. The van der Waals surface area contributed by atoms with Gasteiger partial charge in [-0.05, 0) is 22.9 Å². The van der Waals surface area contributed by atoms with Crippen LogP contribution in [-0.2, 0) is 13.6 Å². The Bertz CT molecular complexity index is 626. The van der Waals surface area contributed by atoms with Gasteiger partial charge in [-0.15, -0.1) is 0 Å². The van der Waals surface area contributed by atoms with Gasteiger partial charge in [0.2, 0.25) is 0 Å². The van der Waals surface area contributed by atoms with Crippen molar-refractivity contribution in [1.82, 2.24) is 14.8 Å². The molecule has 0 unspecified atom stereocenters. The molecule has 0 atom stereocenters. The van der Waals surface area contributed by atoms with E-state index in [1.165, 1.54) is 12.3 Å². The van der Waals surface area contributed by atoms with Crippen molar-refractivity contribution in [2.75, 3.05) is 5.32 Å². The normalized spacial score (nSPS) is 10.5. The highest BCUT2D eigenvalue weighted by Crippen LogP contribution is 2.24. The highest BCUT2D eigenvalue weighted by atomic mass is 79.9. The number of aromatic nitrogens is 3. The zero-order chi connectivity index (χ0) is 14.0. The third kappa shape index (κ3) is 3.08. The molecule has 2 rings (SSSR count). The van der Waals surface area contributed by atoms with Crippen molar-refractivity contribution < 1.29 is 4.92 Å². The predicted octanol–water partition coefficient (Wildman–Crippen LogP) is 2.41. The minimum absolute atomic E-state index is 0.0463. The molecular weight excluding hydrogens is 314 g/mol. The molecular formula is C11H12BrN5O2. The maximum absolute atomic E-state index is 10.6. The molecule has 0 saturated carbocycles. The van der Waals surface area contributed by atoms with Gasteiger partial charge < -0.3 is 5.32 Å². The SMILES string of the molecule is Cc1nn(C)cc1CNc1ncc([N+](=O)[O-])cc1Br. The summed E-state index contributed by atoms with van der Waals surface area (Å²) in [5.41, 5.74) is 1.94. The van der Waals surface area contributed by atoms with Crippen molar-refractivity contribution in [3.63, 3.8) is 0 Å². The number of anilines is 1. The quantitative estimate of drug-likeness (QED) is 0.689. The Hall–Kier alpha value is -1.96. The minimum atomic E-state index is -0.479. The van der Waals surface area contributed by atoms with Gasteiger partial charge in [-0.2, -0.15) is 5.10 Å². The summed E-state index contributed by atoms with van der Waals surface area (Å²) in [6.45, 7) is 2.48. The van der Waals surface area contributed by atoms with E-state index in [9.17, 15) is 10.1 Å². The topological polar surface area (TPSA) is 85.9 Å². The molecule has 1 N–H and O–H groups in total. The van der Waals surface area contributed by atoms with E-state index in [0.29, 0.717) is 16.8 Å². The number of nitro groups is 1. The molecule has 0 saturated heterocycles. The summed E-state index contributed by atoms with van der Waals surface area (Å²) >= 11 is 3.26. The molecule has 0 spiro atoms. The Morgan fingerprint density at radius 1 is 1.58 bits per heavy atom. The Labute approximate surface area is 117 Å². The molecule has 0 aliphatic carbocycles. The van der Waals surface area contributed by atoms with E-state index < -0.39 is 4.92 Å².